The fraction of sp³-hybridized carbons (Fsp3) is 0.381. The molecule has 7 nitrogen and oxygen atoms in total. The Hall–Kier alpha value is -2.74. The number of methoxy groups -OCH3 is 2. The van der Waals surface area contributed by atoms with Gasteiger partial charge in [-0.25, -0.2) is 8.42 Å². The van der Waals surface area contributed by atoms with Crippen molar-refractivity contribution in [1.29, 1.82) is 0 Å². The third-order valence-corrected chi connectivity index (χ3v) is 6.77. The van der Waals surface area contributed by atoms with Gasteiger partial charge in [0.25, 0.3) is 10.0 Å². The highest BCUT2D eigenvalue weighted by atomic mass is 32.2. The summed E-state index contributed by atoms with van der Waals surface area (Å²) < 4.78 is 38.9. The second kappa shape index (κ2) is 7.59. The van der Waals surface area contributed by atoms with Crippen molar-refractivity contribution < 1.29 is 22.7 Å². The van der Waals surface area contributed by atoms with Gasteiger partial charge in [-0.05, 0) is 54.7 Å². The maximum atomic E-state index is 13.0. The lowest BCUT2D eigenvalue weighted by molar-refractivity contribution is -0.133. The Morgan fingerprint density at radius 2 is 1.86 bits per heavy atom. The van der Waals surface area contributed by atoms with Crippen molar-refractivity contribution in [2.45, 2.75) is 30.7 Å². The molecule has 1 N–H and O–H groups in total. The molecule has 8 heteroatoms. The number of benzene rings is 2. The van der Waals surface area contributed by atoms with Crippen LogP contribution in [0, 0.1) is 5.92 Å². The van der Waals surface area contributed by atoms with Crippen LogP contribution in [-0.2, 0) is 27.8 Å². The number of amides is 1. The van der Waals surface area contributed by atoms with E-state index in [0.717, 1.165) is 30.4 Å². The third kappa shape index (κ3) is 4.03. The molecule has 0 saturated heterocycles. The number of sulfonamides is 1. The van der Waals surface area contributed by atoms with E-state index < -0.39 is 10.0 Å². The van der Waals surface area contributed by atoms with Gasteiger partial charge in [0.2, 0.25) is 5.91 Å². The first-order valence-corrected chi connectivity index (χ1v) is 11.0. The normalized spacial score (nSPS) is 16.1. The first-order valence-electron chi connectivity index (χ1n) is 9.56. The Kier molecular flexibility index (Phi) is 5.12. The minimum Gasteiger partial charge on any atom is -0.497 e. The molecule has 1 heterocycles. The van der Waals surface area contributed by atoms with Gasteiger partial charge in [0, 0.05) is 30.8 Å². The van der Waals surface area contributed by atoms with E-state index in [1.54, 1.807) is 18.2 Å². The average molecular weight is 416 g/mol. The smallest absolute Gasteiger partial charge is 0.265 e. The molecule has 29 heavy (non-hydrogen) atoms. The molecular weight excluding hydrogens is 392 g/mol. The molecule has 0 aromatic heterocycles. The third-order valence-electron chi connectivity index (χ3n) is 5.37. The van der Waals surface area contributed by atoms with E-state index in [2.05, 4.69) is 4.72 Å². The molecule has 2 aromatic rings. The lowest BCUT2D eigenvalue weighted by Gasteiger charge is -2.29. The summed E-state index contributed by atoms with van der Waals surface area (Å²) >= 11 is 0. The Labute approximate surface area is 170 Å². The maximum absolute atomic E-state index is 13.0. The van der Waals surface area contributed by atoms with Crippen molar-refractivity contribution in [2.24, 2.45) is 5.92 Å². The van der Waals surface area contributed by atoms with Gasteiger partial charge in [0.1, 0.15) is 16.4 Å². The van der Waals surface area contributed by atoms with Crippen molar-refractivity contribution >= 4 is 21.6 Å². The quantitative estimate of drug-likeness (QED) is 0.783. The van der Waals surface area contributed by atoms with E-state index in [-0.39, 0.29) is 22.5 Å². The van der Waals surface area contributed by atoms with Crippen LogP contribution in [-0.4, -0.2) is 40.0 Å². The van der Waals surface area contributed by atoms with Crippen molar-refractivity contribution in [3.8, 4) is 11.5 Å². The number of nitrogens with one attached hydrogen (secondary N) is 1. The van der Waals surface area contributed by atoms with Crippen LogP contribution in [0.2, 0.25) is 0 Å². The molecule has 0 atom stereocenters. The standard InChI is InChI=1S/C21H24N2O5S/c1-27-18-7-8-19(28-2)20(12-18)29(25,26)22-17-6-5-14-9-10-23(13-16(14)11-17)21(24)15-3-4-15/h5-8,11-12,15,22H,3-4,9-10,13H2,1-2H3. The molecule has 1 fully saturated rings. The SMILES string of the molecule is COc1ccc(OC)c(S(=O)(=O)Nc2ccc3c(c2)CN(C(=O)C2CC2)CC3)c1. The summed E-state index contributed by atoms with van der Waals surface area (Å²) in [5.41, 5.74) is 2.57. The summed E-state index contributed by atoms with van der Waals surface area (Å²) in [5, 5.41) is 0. The molecule has 0 spiro atoms. The monoisotopic (exact) mass is 416 g/mol. The van der Waals surface area contributed by atoms with Crippen LogP contribution in [0.15, 0.2) is 41.3 Å². The first-order chi connectivity index (χ1) is 13.9. The van der Waals surface area contributed by atoms with Crippen molar-refractivity contribution in [2.75, 3.05) is 25.5 Å². The number of hydrogen-bond acceptors (Lipinski definition) is 5. The lowest BCUT2D eigenvalue weighted by atomic mass is 9.99. The van der Waals surface area contributed by atoms with E-state index in [0.29, 0.717) is 24.5 Å². The molecule has 1 saturated carbocycles. The number of carbonyl (C=O) groups excluding carboxylic acids is 1. The highest BCUT2D eigenvalue weighted by molar-refractivity contribution is 7.92. The number of fused-ring (bicyclic) bond motifs is 1. The molecule has 0 unspecified atom stereocenters. The average Bonchev–Trinajstić information content (AvgIpc) is 3.57. The van der Waals surface area contributed by atoms with Gasteiger partial charge in [-0.2, -0.15) is 0 Å². The number of anilines is 1. The Balaban J connectivity index is 1.58. The topological polar surface area (TPSA) is 84.9 Å². The van der Waals surface area contributed by atoms with Crippen molar-refractivity contribution in [3.63, 3.8) is 0 Å². The molecule has 0 radical (unpaired) electrons. The predicted octanol–water partition coefficient (Wildman–Crippen LogP) is 2.80. The summed E-state index contributed by atoms with van der Waals surface area (Å²) in [5.74, 6) is 1.05. The maximum Gasteiger partial charge on any atom is 0.265 e. The molecule has 1 aliphatic heterocycles. The van der Waals surface area contributed by atoms with Gasteiger partial charge in [-0.15, -0.1) is 0 Å². The van der Waals surface area contributed by atoms with Crippen molar-refractivity contribution in [1.82, 2.24) is 4.90 Å². The zero-order valence-corrected chi connectivity index (χ0v) is 17.3. The van der Waals surface area contributed by atoms with Crippen LogP contribution in [0.3, 0.4) is 0 Å². The number of rotatable bonds is 6. The number of ether oxygens (including phenoxy) is 2. The lowest BCUT2D eigenvalue weighted by Crippen LogP contribution is -2.36. The number of hydrogen-bond donors (Lipinski definition) is 1. The van der Waals surface area contributed by atoms with Gasteiger partial charge in [-0.1, -0.05) is 6.07 Å². The van der Waals surface area contributed by atoms with Crippen LogP contribution < -0.4 is 14.2 Å². The molecule has 4 rings (SSSR count). The van der Waals surface area contributed by atoms with Crippen LogP contribution in [0.1, 0.15) is 24.0 Å². The molecule has 1 amide bonds. The summed E-state index contributed by atoms with van der Waals surface area (Å²) in [6.07, 6.45) is 2.74. The highest BCUT2D eigenvalue weighted by Crippen LogP contribution is 2.34. The van der Waals surface area contributed by atoms with Crippen LogP contribution in [0.25, 0.3) is 0 Å². The zero-order chi connectivity index (χ0) is 20.6. The highest BCUT2D eigenvalue weighted by Gasteiger charge is 2.34. The zero-order valence-electron chi connectivity index (χ0n) is 16.5. The first kappa shape index (κ1) is 19.6. The number of carbonyl (C=O) groups is 1. The fourth-order valence-electron chi connectivity index (χ4n) is 3.60. The van der Waals surface area contributed by atoms with Gasteiger partial charge in [0.05, 0.1) is 14.2 Å². The summed E-state index contributed by atoms with van der Waals surface area (Å²) in [4.78, 5) is 14.3. The molecular formula is C21H24N2O5S. The van der Waals surface area contributed by atoms with Gasteiger partial charge < -0.3 is 14.4 Å². The summed E-state index contributed by atoms with van der Waals surface area (Å²) in [7, 11) is -0.986. The van der Waals surface area contributed by atoms with Crippen LogP contribution in [0.4, 0.5) is 5.69 Å². The second-order valence-corrected chi connectivity index (χ2v) is 9.04. The molecule has 0 bridgehead atoms. The molecule has 2 aromatic carbocycles. The minimum atomic E-state index is -3.88. The van der Waals surface area contributed by atoms with Crippen LogP contribution in [0.5, 0.6) is 11.5 Å². The van der Waals surface area contributed by atoms with E-state index in [1.807, 2.05) is 17.0 Å². The van der Waals surface area contributed by atoms with Gasteiger partial charge in [0.15, 0.2) is 0 Å². The Morgan fingerprint density at radius 1 is 1.07 bits per heavy atom. The number of nitrogens with zero attached hydrogens (tertiary/aromatic N) is 1. The molecule has 1 aliphatic carbocycles. The predicted molar refractivity (Wildman–Crippen MR) is 109 cm³/mol. The van der Waals surface area contributed by atoms with Gasteiger partial charge in [-0.3, -0.25) is 9.52 Å². The largest absolute Gasteiger partial charge is 0.497 e. The summed E-state index contributed by atoms with van der Waals surface area (Å²) in [6, 6.07) is 10.1. The second-order valence-electron chi connectivity index (χ2n) is 7.39. The van der Waals surface area contributed by atoms with E-state index in [1.165, 1.54) is 20.3 Å². The van der Waals surface area contributed by atoms with Gasteiger partial charge >= 0.3 is 0 Å². The van der Waals surface area contributed by atoms with E-state index in [4.69, 9.17) is 9.47 Å². The molecule has 154 valence electrons. The summed E-state index contributed by atoms with van der Waals surface area (Å²) in [6.45, 7) is 1.23. The Bertz CT molecular complexity index is 1050. The Morgan fingerprint density at radius 3 is 2.55 bits per heavy atom. The van der Waals surface area contributed by atoms with E-state index >= 15 is 0 Å². The van der Waals surface area contributed by atoms with Crippen molar-refractivity contribution in [3.05, 3.63) is 47.5 Å². The van der Waals surface area contributed by atoms with E-state index in [9.17, 15) is 13.2 Å². The van der Waals surface area contributed by atoms with Crippen LogP contribution >= 0.6 is 0 Å². The fourth-order valence-corrected chi connectivity index (χ4v) is 4.84. The molecule has 2 aliphatic rings. The minimum absolute atomic E-state index is 0.00242.